The molecule has 1 heterocycles. The Morgan fingerprint density at radius 1 is 1.29 bits per heavy atom. The third kappa shape index (κ3) is 3.87. The first-order valence-electron chi connectivity index (χ1n) is 5.97. The number of hydrogen-bond donors (Lipinski definition) is 1. The molecule has 0 aliphatic heterocycles. The van der Waals surface area contributed by atoms with Crippen molar-refractivity contribution in [1.29, 1.82) is 0 Å². The molecule has 2 aromatic rings. The summed E-state index contributed by atoms with van der Waals surface area (Å²) in [4.78, 5) is 18.0. The van der Waals surface area contributed by atoms with Gasteiger partial charge in [-0.2, -0.15) is 0 Å². The predicted molar refractivity (Wildman–Crippen MR) is 90.7 cm³/mol. The highest BCUT2D eigenvalue weighted by atomic mass is 79.9. The molecule has 0 saturated carbocycles. The van der Waals surface area contributed by atoms with E-state index in [4.69, 9.17) is 23.2 Å². The fourth-order valence-electron chi connectivity index (χ4n) is 1.73. The van der Waals surface area contributed by atoms with Crippen LogP contribution < -0.4 is 10.2 Å². The molecule has 4 nitrogen and oxygen atoms in total. The maximum Gasteiger partial charge on any atom is 0.258 e. The maximum atomic E-state index is 12.2. The first kappa shape index (κ1) is 16.1. The summed E-state index contributed by atoms with van der Waals surface area (Å²) in [6.07, 6.45) is 1.53. The molecule has 0 atom stereocenters. The minimum atomic E-state index is -0.345. The highest BCUT2D eigenvalue weighted by Crippen LogP contribution is 2.28. The number of nitrogens with one attached hydrogen (secondary N) is 1. The number of anilines is 2. The lowest BCUT2D eigenvalue weighted by Crippen LogP contribution is -2.14. The number of nitrogens with zero attached hydrogens (tertiary/aromatic N) is 2. The van der Waals surface area contributed by atoms with E-state index in [1.807, 2.05) is 25.1 Å². The lowest BCUT2D eigenvalue weighted by Gasteiger charge is -2.15. The molecule has 1 amide bonds. The third-order valence-corrected chi connectivity index (χ3v) is 3.78. The van der Waals surface area contributed by atoms with Crippen molar-refractivity contribution in [3.05, 3.63) is 50.7 Å². The summed E-state index contributed by atoms with van der Waals surface area (Å²) in [7, 11) is 3.79. The summed E-state index contributed by atoms with van der Waals surface area (Å²) in [6.45, 7) is 0. The van der Waals surface area contributed by atoms with E-state index in [1.165, 1.54) is 6.20 Å². The number of halogens is 3. The molecule has 1 aromatic heterocycles. The standard InChI is InChI=1S/C14H12BrCl2N3O/c1-20(2)12-4-3-9(6-11(12)16)19-14(21)10-5-8(15)7-18-13(10)17/h3-7H,1-2H3,(H,19,21). The summed E-state index contributed by atoms with van der Waals surface area (Å²) in [6, 6.07) is 6.91. The quantitative estimate of drug-likeness (QED) is 0.789. The van der Waals surface area contributed by atoms with Crippen LogP contribution in [0.5, 0.6) is 0 Å². The van der Waals surface area contributed by atoms with Crippen LogP contribution in [0.4, 0.5) is 11.4 Å². The lowest BCUT2D eigenvalue weighted by molar-refractivity contribution is 0.102. The molecular formula is C14H12BrCl2N3O. The summed E-state index contributed by atoms with van der Waals surface area (Å²) < 4.78 is 0.679. The number of amides is 1. The lowest BCUT2D eigenvalue weighted by atomic mass is 10.2. The monoisotopic (exact) mass is 387 g/mol. The van der Waals surface area contributed by atoms with Gasteiger partial charge in [0.05, 0.1) is 16.3 Å². The molecule has 21 heavy (non-hydrogen) atoms. The summed E-state index contributed by atoms with van der Waals surface area (Å²) >= 11 is 15.4. The number of aromatic nitrogens is 1. The Hall–Kier alpha value is -1.30. The van der Waals surface area contributed by atoms with Crippen LogP contribution in [0.1, 0.15) is 10.4 Å². The van der Waals surface area contributed by atoms with Gasteiger partial charge in [-0.25, -0.2) is 4.98 Å². The van der Waals surface area contributed by atoms with Crippen molar-refractivity contribution in [1.82, 2.24) is 4.98 Å². The molecule has 0 radical (unpaired) electrons. The molecule has 110 valence electrons. The SMILES string of the molecule is CN(C)c1ccc(NC(=O)c2cc(Br)cnc2Cl)cc1Cl. The number of carbonyl (C=O) groups is 1. The zero-order valence-corrected chi connectivity index (χ0v) is 14.4. The number of hydrogen-bond acceptors (Lipinski definition) is 3. The van der Waals surface area contributed by atoms with Crippen LogP contribution in [-0.2, 0) is 0 Å². The van der Waals surface area contributed by atoms with Crippen molar-refractivity contribution < 1.29 is 4.79 Å². The van der Waals surface area contributed by atoms with E-state index in [2.05, 4.69) is 26.2 Å². The van der Waals surface area contributed by atoms with Gasteiger partial charge < -0.3 is 10.2 Å². The topological polar surface area (TPSA) is 45.2 Å². The first-order chi connectivity index (χ1) is 9.88. The molecule has 2 rings (SSSR count). The third-order valence-electron chi connectivity index (χ3n) is 2.74. The van der Waals surface area contributed by atoms with Crippen molar-refractivity contribution in [2.45, 2.75) is 0 Å². The number of pyridine rings is 1. The second kappa shape index (κ2) is 6.64. The van der Waals surface area contributed by atoms with Gasteiger partial charge in [0.1, 0.15) is 5.15 Å². The van der Waals surface area contributed by atoms with Crippen LogP contribution in [-0.4, -0.2) is 25.0 Å². The maximum absolute atomic E-state index is 12.2. The van der Waals surface area contributed by atoms with E-state index in [0.29, 0.717) is 20.7 Å². The Morgan fingerprint density at radius 3 is 2.62 bits per heavy atom. The molecule has 0 fully saturated rings. The van der Waals surface area contributed by atoms with Gasteiger partial charge in [-0.3, -0.25) is 4.79 Å². The van der Waals surface area contributed by atoms with Crippen molar-refractivity contribution in [2.75, 3.05) is 24.3 Å². The normalized spacial score (nSPS) is 10.3. The molecule has 0 unspecified atom stereocenters. The fraction of sp³-hybridized carbons (Fsp3) is 0.143. The Labute approximate surface area is 141 Å². The average Bonchev–Trinajstić information content (AvgIpc) is 2.41. The van der Waals surface area contributed by atoms with Gasteiger partial charge in [-0.15, -0.1) is 0 Å². The summed E-state index contributed by atoms with van der Waals surface area (Å²) in [5.74, 6) is -0.345. The second-order valence-corrected chi connectivity index (χ2v) is 6.19. The average molecular weight is 389 g/mol. The molecule has 1 aromatic carbocycles. The number of carbonyl (C=O) groups excluding carboxylic acids is 1. The molecule has 0 aliphatic carbocycles. The molecule has 7 heteroatoms. The van der Waals surface area contributed by atoms with E-state index >= 15 is 0 Å². The number of benzene rings is 1. The van der Waals surface area contributed by atoms with E-state index in [0.717, 1.165) is 5.69 Å². The minimum absolute atomic E-state index is 0.145. The summed E-state index contributed by atoms with van der Waals surface area (Å²) in [5.41, 5.74) is 1.75. The second-order valence-electron chi connectivity index (χ2n) is 4.51. The highest BCUT2D eigenvalue weighted by molar-refractivity contribution is 9.10. The molecular weight excluding hydrogens is 377 g/mol. The van der Waals surface area contributed by atoms with Crippen molar-refractivity contribution in [3.63, 3.8) is 0 Å². The van der Waals surface area contributed by atoms with Crippen molar-refractivity contribution in [3.8, 4) is 0 Å². The Morgan fingerprint density at radius 2 is 2.00 bits per heavy atom. The van der Waals surface area contributed by atoms with Crippen LogP contribution in [0.15, 0.2) is 34.9 Å². The first-order valence-corrected chi connectivity index (χ1v) is 7.52. The van der Waals surface area contributed by atoms with E-state index in [1.54, 1.807) is 18.2 Å². The van der Waals surface area contributed by atoms with Gasteiger partial charge in [0.2, 0.25) is 0 Å². The Kier molecular flexibility index (Phi) is 5.08. The van der Waals surface area contributed by atoms with Crippen LogP contribution in [0.3, 0.4) is 0 Å². The smallest absolute Gasteiger partial charge is 0.258 e. The molecule has 0 spiro atoms. The highest BCUT2D eigenvalue weighted by Gasteiger charge is 2.13. The molecule has 1 N–H and O–H groups in total. The van der Waals surface area contributed by atoms with Gasteiger partial charge in [0, 0.05) is 30.5 Å². The zero-order chi connectivity index (χ0) is 15.6. The van der Waals surface area contributed by atoms with E-state index in [9.17, 15) is 4.79 Å². The van der Waals surface area contributed by atoms with Gasteiger partial charge in [0.25, 0.3) is 5.91 Å². The Bertz CT molecular complexity index is 692. The van der Waals surface area contributed by atoms with E-state index in [-0.39, 0.29) is 11.1 Å². The van der Waals surface area contributed by atoms with Crippen LogP contribution in [0.25, 0.3) is 0 Å². The van der Waals surface area contributed by atoms with Crippen molar-refractivity contribution >= 4 is 56.4 Å². The van der Waals surface area contributed by atoms with Gasteiger partial charge in [-0.1, -0.05) is 23.2 Å². The van der Waals surface area contributed by atoms with Crippen molar-refractivity contribution in [2.24, 2.45) is 0 Å². The zero-order valence-electron chi connectivity index (χ0n) is 11.3. The summed E-state index contributed by atoms with van der Waals surface area (Å²) in [5, 5.41) is 3.44. The fourth-order valence-corrected chi connectivity index (χ4v) is 2.60. The largest absolute Gasteiger partial charge is 0.376 e. The van der Waals surface area contributed by atoms with Crippen LogP contribution in [0.2, 0.25) is 10.2 Å². The van der Waals surface area contributed by atoms with Gasteiger partial charge >= 0.3 is 0 Å². The molecule has 0 bridgehead atoms. The van der Waals surface area contributed by atoms with Crippen LogP contribution in [0, 0.1) is 0 Å². The Balaban J connectivity index is 2.24. The predicted octanol–water partition coefficient (Wildman–Crippen LogP) is 4.47. The van der Waals surface area contributed by atoms with Gasteiger partial charge in [-0.05, 0) is 40.2 Å². The van der Waals surface area contributed by atoms with E-state index < -0.39 is 0 Å². The number of rotatable bonds is 3. The molecule has 0 aliphatic rings. The van der Waals surface area contributed by atoms with Crippen LogP contribution >= 0.6 is 39.1 Å². The molecule has 0 saturated heterocycles. The minimum Gasteiger partial charge on any atom is -0.376 e. The van der Waals surface area contributed by atoms with Gasteiger partial charge in [0.15, 0.2) is 0 Å².